The zero-order chi connectivity index (χ0) is 23.7. The number of aliphatic carboxylic acids is 1. The Kier molecular flexibility index (Phi) is 10.6. The van der Waals surface area contributed by atoms with Crippen LogP contribution in [0.5, 0.6) is 0 Å². The Morgan fingerprint density at radius 2 is 1.65 bits per heavy atom. The number of Topliss-reactive ketones (excluding diaryl/α,β-unsaturated/α-hetero) is 1. The van der Waals surface area contributed by atoms with E-state index >= 15 is 0 Å². The van der Waals surface area contributed by atoms with Gasteiger partial charge in [0.1, 0.15) is 0 Å². The van der Waals surface area contributed by atoms with E-state index in [1.54, 1.807) is 32.0 Å². The predicted molar refractivity (Wildman–Crippen MR) is 117 cm³/mol. The normalized spacial score (nSPS) is 12.7. The molecule has 2 atom stereocenters. The molecule has 0 aliphatic carbocycles. The van der Waals surface area contributed by atoms with Crippen molar-refractivity contribution in [3.63, 3.8) is 0 Å². The third kappa shape index (κ3) is 9.04. The topological polar surface area (TPSA) is 162 Å². The maximum absolute atomic E-state index is 12.1. The average Bonchev–Trinajstić information content (AvgIpc) is 2.66. The Balaban J connectivity index is 2.53. The molecule has 0 radical (unpaired) electrons. The number of hydrogen-bond acceptors (Lipinski definition) is 6. The fourth-order valence-electron chi connectivity index (χ4n) is 2.65. The molecule has 6 N–H and O–H groups in total. The summed E-state index contributed by atoms with van der Waals surface area (Å²) in [5.74, 6) is -4.66. The second kappa shape index (κ2) is 12.4. The van der Waals surface area contributed by atoms with Crippen LogP contribution in [-0.2, 0) is 25.6 Å². The van der Waals surface area contributed by atoms with Gasteiger partial charge in [-0.05, 0) is 30.0 Å². The summed E-state index contributed by atoms with van der Waals surface area (Å²) in [7, 11) is 0. The first-order chi connectivity index (χ1) is 14.4. The molecule has 31 heavy (non-hydrogen) atoms. The van der Waals surface area contributed by atoms with Gasteiger partial charge < -0.3 is 10.8 Å². The highest BCUT2D eigenvalue weighted by Gasteiger charge is 2.26. The lowest BCUT2D eigenvalue weighted by atomic mass is 9.90. The van der Waals surface area contributed by atoms with E-state index in [0.29, 0.717) is 15.6 Å². The third-order valence-electron chi connectivity index (χ3n) is 4.53. The quantitative estimate of drug-likeness (QED) is 0.258. The van der Waals surface area contributed by atoms with Gasteiger partial charge in [-0.15, -0.1) is 0 Å². The Bertz CT molecular complexity index is 840. The zero-order valence-electron chi connectivity index (χ0n) is 17.2. The van der Waals surface area contributed by atoms with E-state index in [1.807, 2.05) is 0 Å². The Hall–Kier alpha value is -2.49. The van der Waals surface area contributed by atoms with Crippen molar-refractivity contribution in [2.75, 3.05) is 0 Å². The molecule has 1 rings (SSSR count). The van der Waals surface area contributed by atoms with Crippen LogP contribution in [0.3, 0.4) is 0 Å². The van der Waals surface area contributed by atoms with Gasteiger partial charge in [-0.25, -0.2) is 0 Å². The molecule has 9 nitrogen and oxygen atoms in total. The largest absolute Gasteiger partial charge is 0.481 e. The van der Waals surface area contributed by atoms with E-state index in [9.17, 15) is 24.3 Å². The highest BCUT2D eigenvalue weighted by atomic mass is 35.5. The number of nitrogens with two attached hydrogens (primary N) is 1. The lowest BCUT2D eigenvalue weighted by Crippen LogP contribution is -2.44. The molecule has 0 aliphatic heterocycles. The minimum atomic E-state index is -1.21. The number of benzene rings is 1. The van der Waals surface area contributed by atoms with E-state index in [2.05, 4.69) is 10.6 Å². The van der Waals surface area contributed by atoms with Gasteiger partial charge in [0.25, 0.3) is 0 Å². The molecule has 0 bridgehead atoms. The SMILES string of the molecule is CC(C)[C@H](N)C(=O)C[C@@H](CCC(=O)NC(=N)NC(=O)Cc1c(Cl)cccc1Cl)C(=O)O. The molecule has 1 aromatic rings. The lowest BCUT2D eigenvalue weighted by Gasteiger charge is -2.17. The Morgan fingerprint density at radius 3 is 2.16 bits per heavy atom. The number of nitrogens with one attached hydrogen (secondary N) is 3. The van der Waals surface area contributed by atoms with Crippen molar-refractivity contribution >= 4 is 52.7 Å². The minimum absolute atomic E-state index is 0.117. The van der Waals surface area contributed by atoms with Gasteiger partial charge in [0.2, 0.25) is 17.8 Å². The van der Waals surface area contributed by atoms with E-state index < -0.39 is 35.7 Å². The molecular weight excluding hydrogens is 447 g/mol. The van der Waals surface area contributed by atoms with Gasteiger partial charge in [0.05, 0.1) is 18.4 Å². The van der Waals surface area contributed by atoms with Crippen molar-refractivity contribution in [3.05, 3.63) is 33.8 Å². The summed E-state index contributed by atoms with van der Waals surface area (Å²) in [6.07, 6.45) is -0.852. The van der Waals surface area contributed by atoms with Crippen molar-refractivity contribution in [3.8, 4) is 0 Å². The molecule has 0 fully saturated rings. The van der Waals surface area contributed by atoms with Gasteiger partial charge >= 0.3 is 5.97 Å². The maximum atomic E-state index is 12.1. The fourth-order valence-corrected chi connectivity index (χ4v) is 3.18. The third-order valence-corrected chi connectivity index (χ3v) is 5.24. The van der Waals surface area contributed by atoms with E-state index in [0.717, 1.165) is 0 Å². The second-order valence-corrected chi connectivity index (χ2v) is 8.18. The number of carboxylic acids is 1. The van der Waals surface area contributed by atoms with Gasteiger partial charge in [-0.1, -0.05) is 43.1 Å². The highest BCUT2D eigenvalue weighted by molar-refractivity contribution is 6.36. The van der Waals surface area contributed by atoms with Crippen LogP contribution in [0.15, 0.2) is 18.2 Å². The molecular formula is C20H26Cl2N4O5. The fraction of sp³-hybridized carbons (Fsp3) is 0.450. The first-order valence-corrected chi connectivity index (χ1v) is 10.3. The number of guanidine groups is 1. The summed E-state index contributed by atoms with van der Waals surface area (Å²) in [6.45, 7) is 3.51. The van der Waals surface area contributed by atoms with Gasteiger partial charge in [0.15, 0.2) is 5.78 Å². The van der Waals surface area contributed by atoms with Crippen LogP contribution >= 0.6 is 23.2 Å². The maximum Gasteiger partial charge on any atom is 0.306 e. The minimum Gasteiger partial charge on any atom is -0.481 e. The number of rotatable bonds is 10. The molecule has 2 amide bonds. The summed E-state index contributed by atoms with van der Waals surface area (Å²) in [6, 6.07) is 4.00. The second-order valence-electron chi connectivity index (χ2n) is 7.36. The number of carbonyl (C=O) groups excluding carboxylic acids is 3. The molecule has 170 valence electrons. The molecule has 0 saturated heterocycles. The summed E-state index contributed by atoms with van der Waals surface area (Å²) in [5.41, 5.74) is 6.13. The summed E-state index contributed by atoms with van der Waals surface area (Å²) in [4.78, 5) is 47.5. The van der Waals surface area contributed by atoms with Crippen LogP contribution < -0.4 is 16.4 Å². The lowest BCUT2D eigenvalue weighted by molar-refractivity contribution is -0.144. The Morgan fingerprint density at radius 1 is 1.10 bits per heavy atom. The van der Waals surface area contributed by atoms with Gasteiger partial charge in [-0.2, -0.15) is 0 Å². The van der Waals surface area contributed by atoms with Crippen LogP contribution in [0.25, 0.3) is 0 Å². The monoisotopic (exact) mass is 472 g/mol. The molecule has 0 aromatic heterocycles. The van der Waals surface area contributed by atoms with E-state index in [1.165, 1.54) is 0 Å². The zero-order valence-corrected chi connectivity index (χ0v) is 18.7. The number of ketones is 1. The number of carboxylic acid groups (broad SMARTS) is 1. The van der Waals surface area contributed by atoms with Crippen LogP contribution in [0, 0.1) is 17.2 Å². The highest BCUT2D eigenvalue weighted by Crippen LogP contribution is 2.24. The molecule has 0 unspecified atom stereocenters. The van der Waals surface area contributed by atoms with Crippen molar-refractivity contribution in [2.45, 2.75) is 45.6 Å². The molecule has 0 saturated carbocycles. The van der Waals surface area contributed by atoms with E-state index in [4.69, 9.17) is 34.3 Å². The van der Waals surface area contributed by atoms with Crippen molar-refractivity contribution in [1.82, 2.24) is 10.6 Å². The van der Waals surface area contributed by atoms with E-state index in [-0.39, 0.29) is 37.4 Å². The molecule has 11 heteroatoms. The van der Waals surface area contributed by atoms with Crippen molar-refractivity contribution < 1.29 is 24.3 Å². The van der Waals surface area contributed by atoms with Crippen LogP contribution in [0.2, 0.25) is 10.0 Å². The van der Waals surface area contributed by atoms with Gasteiger partial charge in [-0.3, -0.25) is 35.2 Å². The Labute approximate surface area is 190 Å². The smallest absolute Gasteiger partial charge is 0.306 e. The first-order valence-electron chi connectivity index (χ1n) is 9.54. The number of carbonyl (C=O) groups is 4. The predicted octanol–water partition coefficient (Wildman–Crippen LogP) is 2.13. The van der Waals surface area contributed by atoms with Crippen LogP contribution in [0.4, 0.5) is 0 Å². The summed E-state index contributed by atoms with van der Waals surface area (Å²) < 4.78 is 0. The molecule has 0 aliphatic rings. The molecule has 1 aromatic carbocycles. The van der Waals surface area contributed by atoms with Gasteiger partial charge in [0, 0.05) is 22.9 Å². The molecule has 0 spiro atoms. The number of halogens is 2. The summed E-state index contributed by atoms with van der Waals surface area (Å²) in [5, 5.41) is 21.9. The standard InChI is InChI=1S/C20H26Cl2N4O5/c1-10(2)18(23)15(27)8-11(19(30)31)6-7-16(28)25-20(24)26-17(29)9-12-13(21)4-3-5-14(12)22/h3-5,10-11,18H,6-9,23H2,1-2H3,(H,30,31)(H3,24,25,26,28,29)/t11-,18+/m1/s1. The molecule has 0 heterocycles. The number of amides is 2. The average molecular weight is 473 g/mol. The first kappa shape index (κ1) is 26.5. The summed E-state index contributed by atoms with van der Waals surface area (Å²) >= 11 is 12.0. The number of hydrogen-bond donors (Lipinski definition) is 5. The van der Waals surface area contributed by atoms with Crippen LogP contribution in [0.1, 0.15) is 38.7 Å². The van der Waals surface area contributed by atoms with Crippen molar-refractivity contribution in [2.24, 2.45) is 17.6 Å². The van der Waals surface area contributed by atoms with Crippen LogP contribution in [-0.4, -0.2) is 40.7 Å². The van der Waals surface area contributed by atoms with Crippen molar-refractivity contribution in [1.29, 1.82) is 5.41 Å².